The predicted molar refractivity (Wildman–Crippen MR) is 157 cm³/mol. The van der Waals surface area contributed by atoms with E-state index in [1.54, 1.807) is 13.1 Å². The first-order chi connectivity index (χ1) is 17.2. The zero-order chi connectivity index (χ0) is 26.3. The van der Waals surface area contributed by atoms with Crippen LogP contribution in [0.15, 0.2) is 54.5 Å². The van der Waals surface area contributed by atoms with Gasteiger partial charge in [-0.15, -0.1) is 5.73 Å². The number of nitrogens with one attached hydrogen (secondary N) is 2. The summed E-state index contributed by atoms with van der Waals surface area (Å²) in [7, 11) is 0. The van der Waals surface area contributed by atoms with Crippen LogP contribution >= 0.6 is 22.6 Å². The molecule has 2 aliphatic rings. The van der Waals surface area contributed by atoms with Crippen molar-refractivity contribution in [2.75, 3.05) is 26.2 Å². The fourth-order valence-electron chi connectivity index (χ4n) is 4.56. The van der Waals surface area contributed by atoms with Gasteiger partial charge in [-0.2, -0.15) is 0 Å². The standard InChI is InChI=1S/C29H39IN4O2/c1-6-29(5,18-35)25-14-19(2)7-8-23(25)15-24-13-20(3)16-32-27(30)26(24)34-21(4)28(36)33-17-22-9-11-31-12-10-22/h7-8,14,16,22,31,35H,6,9-12,15,17-18H2,1-5H3,(H,33,36). The zero-order valence-electron chi connectivity index (χ0n) is 22.2. The Morgan fingerprint density at radius 1 is 1.33 bits per heavy atom. The number of amides is 1. The van der Waals surface area contributed by atoms with E-state index in [0.717, 1.165) is 63.9 Å². The summed E-state index contributed by atoms with van der Waals surface area (Å²) in [6, 6.07) is 6.42. The number of hydrogen-bond donors (Lipinski definition) is 3. The van der Waals surface area contributed by atoms with Crippen molar-refractivity contribution in [1.82, 2.24) is 10.6 Å². The van der Waals surface area contributed by atoms with Crippen molar-refractivity contribution in [1.29, 1.82) is 0 Å². The summed E-state index contributed by atoms with van der Waals surface area (Å²) in [5, 5.41) is 16.7. The van der Waals surface area contributed by atoms with Gasteiger partial charge in [0.1, 0.15) is 15.1 Å². The molecule has 1 fully saturated rings. The highest BCUT2D eigenvalue weighted by Crippen LogP contribution is 2.34. The number of aliphatic hydroxyl groups excluding tert-OH is 1. The highest BCUT2D eigenvalue weighted by Gasteiger charge is 2.27. The summed E-state index contributed by atoms with van der Waals surface area (Å²) < 4.78 is 0.728. The van der Waals surface area contributed by atoms with E-state index in [-0.39, 0.29) is 17.9 Å². The maximum Gasteiger partial charge on any atom is 0.265 e. The normalized spacial score (nSPS) is 18.9. The molecule has 7 heteroatoms. The first-order valence-electron chi connectivity index (χ1n) is 12.8. The Bertz CT molecular complexity index is 1130. The Labute approximate surface area is 229 Å². The molecule has 1 unspecified atom stereocenters. The maximum absolute atomic E-state index is 12.9. The zero-order valence-corrected chi connectivity index (χ0v) is 24.3. The molecule has 1 saturated heterocycles. The third kappa shape index (κ3) is 7.25. The SMILES string of the molecule is CCC(C)(CO)c1cc(C)ccc1CC1=C=C(C)C=NC(I)=C1N=C(C)C(=O)NCC1CCNCC1. The number of hydrogen-bond acceptors (Lipinski definition) is 5. The second kappa shape index (κ2) is 13.0. The van der Waals surface area contributed by atoms with Gasteiger partial charge in [0.05, 0.1) is 6.61 Å². The molecule has 0 bridgehead atoms. The number of carbonyl (C=O) groups excluding carboxylic acids is 1. The van der Waals surface area contributed by atoms with Crippen molar-refractivity contribution < 1.29 is 9.90 Å². The molecule has 1 aromatic carbocycles. The lowest BCUT2D eigenvalue weighted by Crippen LogP contribution is -2.38. The number of aryl methyl sites for hydroxylation is 1. The molecular formula is C29H39IN4O2. The van der Waals surface area contributed by atoms with E-state index in [1.165, 1.54) is 0 Å². The van der Waals surface area contributed by atoms with Gasteiger partial charge in [-0.05, 0) is 92.8 Å². The smallest absolute Gasteiger partial charge is 0.265 e. The molecule has 0 radical (unpaired) electrons. The van der Waals surface area contributed by atoms with Crippen molar-refractivity contribution >= 4 is 40.4 Å². The van der Waals surface area contributed by atoms with Gasteiger partial charge in [0, 0.05) is 35.7 Å². The Morgan fingerprint density at radius 3 is 2.72 bits per heavy atom. The molecule has 0 aromatic heterocycles. The van der Waals surface area contributed by atoms with Crippen LogP contribution in [0.4, 0.5) is 0 Å². The fourth-order valence-corrected chi connectivity index (χ4v) is 5.15. The van der Waals surface area contributed by atoms with Gasteiger partial charge in [-0.1, -0.05) is 37.6 Å². The molecule has 2 heterocycles. The monoisotopic (exact) mass is 602 g/mol. The van der Waals surface area contributed by atoms with Crippen LogP contribution in [-0.2, 0) is 16.6 Å². The highest BCUT2D eigenvalue weighted by molar-refractivity contribution is 14.1. The fraction of sp³-hybridized carbons (Fsp3) is 0.517. The number of allylic oxidation sites excluding steroid dienone is 1. The molecule has 2 aliphatic heterocycles. The summed E-state index contributed by atoms with van der Waals surface area (Å²) in [5.74, 6) is 0.360. The van der Waals surface area contributed by atoms with E-state index >= 15 is 0 Å². The van der Waals surface area contributed by atoms with E-state index in [9.17, 15) is 9.90 Å². The van der Waals surface area contributed by atoms with Crippen LogP contribution in [-0.4, -0.2) is 49.2 Å². The molecule has 1 amide bonds. The van der Waals surface area contributed by atoms with E-state index < -0.39 is 0 Å². The third-order valence-corrected chi connectivity index (χ3v) is 8.02. The highest BCUT2D eigenvalue weighted by atomic mass is 127. The number of halogens is 1. The minimum atomic E-state index is -0.341. The van der Waals surface area contributed by atoms with Crippen LogP contribution in [0.1, 0.15) is 63.6 Å². The predicted octanol–water partition coefficient (Wildman–Crippen LogP) is 4.93. The van der Waals surface area contributed by atoms with Crippen molar-refractivity contribution in [2.45, 2.75) is 65.7 Å². The third-order valence-electron chi connectivity index (χ3n) is 7.23. The molecule has 1 aromatic rings. The Hall–Kier alpha value is -2.06. The molecule has 6 nitrogen and oxygen atoms in total. The number of rotatable bonds is 9. The lowest BCUT2D eigenvalue weighted by Gasteiger charge is -2.29. The average molecular weight is 603 g/mol. The van der Waals surface area contributed by atoms with Crippen LogP contribution in [0.3, 0.4) is 0 Å². The molecule has 3 rings (SSSR count). The molecule has 0 aliphatic carbocycles. The van der Waals surface area contributed by atoms with Crippen molar-refractivity contribution in [3.63, 3.8) is 0 Å². The van der Waals surface area contributed by atoms with Crippen LogP contribution < -0.4 is 10.6 Å². The summed E-state index contributed by atoms with van der Waals surface area (Å²) >= 11 is 2.19. The van der Waals surface area contributed by atoms with E-state index in [2.05, 4.69) is 82.9 Å². The van der Waals surface area contributed by atoms with Gasteiger partial charge in [-0.25, -0.2) is 9.98 Å². The summed E-state index contributed by atoms with van der Waals surface area (Å²) in [6.45, 7) is 12.8. The number of aliphatic imine (C=N–C) groups is 2. The Balaban J connectivity index is 1.92. The first-order valence-corrected chi connectivity index (χ1v) is 13.9. The average Bonchev–Trinajstić information content (AvgIpc) is 3.01. The van der Waals surface area contributed by atoms with Crippen LogP contribution in [0, 0.1) is 12.8 Å². The summed E-state index contributed by atoms with van der Waals surface area (Å²) in [5.41, 5.74) is 9.45. The lowest BCUT2D eigenvalue weighted by atomic mass is 9.76. The quantitative estimate of drug-likeness (QED) is 0.162. The largest absolute Gasteiger partial charge is 0.395 e. The maximum atomic E-state index is 12.9. The molecule has 3 N–H and O–H groups in total. The minimum absolute atomic E-state index is 0.0751. The minimum Gasteiger partial charge on any atom is -0.395 e. The topological polar surface area (TPSA) is 86.1 Å². The second-order valence-corrected chi connectivity index (χ2v) is 11.2. The molecule has 0 saturated carbocycles. The van der Waals surface area contributed by atoms with Gasteiger partial charge >= 0.3 is 0 Å². The number of benzene rings is 1. The first kappa shape index (κ1) is 28.5. The summed E-state index contributed by atoms with van der Waals surface area (Å²) in [4.78, 5) is 22.3. The van der Waals surface area contributed by atoms with E-state index in [1.807, 2.05) is 6.92 Å². The van der Waals surface area contributed by atoms with Crippen LogP contribution in [0.5, 0.6) is 0 Å². The van der Waals surface area contributed by atoms with Crippen molar-refractivity contribution in [3.8, 4) is 0 Å². The van der Waals surface area contributed by atoms with Gasteiger partial charge in [0.25, 0.3) is 5.91 Å². The molecular weight excluding hydrogens is 563 g/mol. The van der Waals surface area contributed by atoms with Crippen molar-refractivity contribution in [2.24, 2.45) is 15.9 Å². The van der Waals surface area contributed by atoms with Gasteiger partial charge in [0.15, 0.2) is 0 Å². The van der Waals surface area contributed by atoms with Gasteiger partial charge in [-0.3, -0.25) is 4.79 Å². The van der Waals surface area contributed by atoms with Gasteiger partial charge in [0.2, 0.25) is 0 Å². The van der Waals surface area contributed by atoms with Crippen LogP contribution in [0.25, 0.3) is 0 Å². The molecule has 36 heavy (non-hydrogen) atoms. The number of carbonyl (C=O) groups is 1. The summed E-state index contributed by atoms with van der Waals surface area (Å²) in [6.07, 6.45) is 5.35. The van der Waals surface area contributed by atoms with E-state index in [4.69, 9.17) is 4.99 Å². The Kier molecular flexibility index (Phi) is 10.3. The number of nitrogens with zero attached hydrogens (tertiary/aromatic N) is 2. The van der Waals surface area contributed by atoms with Crippen molar-refractivity contribution in [3.05, 3.63) is 61.2 Å². The molecule has 194 valence electrons. The second-order valence-electron chi connectivity index (χ2n) is 10.2. The molecule has 0 spiro atoms. The van der Waals surface area contributed by atoms with Gasteiger partial charge < -0.3 is 15.7 Å². The number of aliphatic hydroxyl groups is 1. The molecule has 1 atom stereocenters. The lowest BCUT2D eigenvalue weighted by molar-refractivity contribution is -0.115. The Morgan fingerprint density at radius 2 is 2.06 bits per heavy atom. The van der Waals surface area contributed by atoms with E-state index in [0.29, 0.717) is 30.3 Å². The van der Waals surface area contributed by atoms with Crippen LogP contribution in [0.2, 0.25) is 0 Å². The number of piperidine rings is 1.